The van der Waals surface area contributed by atoms with Crippen LogP contribution in [0.5, 0.6) is 0 Å². The summed E-state index contributed by atoms with van der Waals surface area (Å²) in [5.41, 5.74) is 2.66. The SMILES string of the molecule is Cc1oc(-c2ccccc2)nc1CC(=O)NC(C)c1ccccc1. The summed E-state index contributed by atoms with van der Waals surface area (Å²) in [5, 5.41) is 3.00. The molecule has 0 radical (unpaired) electrons. The summed E-state index contributed by atoms with van der Waals surface area (Å²) < 4.78 is 5.70. The normalized spacial score (nSPS) is 11.9. The monoisotopic (exact) mass is 320 g/mol. The van der Waals surface area contributed by atoms with Crippen molar-refractivity contribution in [2.24, 2.45) is 0 Å². The molecule has 3 aromatic rings. The van der Waals surface area contributed by atoms with Crippen molar-refractivity contribution in [1.29, 1.82) is 0 Å². The zero-order chi connectivity index (χ0) is 16.9. The first-order valence-corrected chi connectivity index (χ1v) is 7.99. The van der Waals surface area contributed by atoms with Crippen LogP contribution in [0.2, 0.25) is 0 Å². The van der Waals surface area contributed by atoms with Gasteiger partial charge in [-0.05, 0) is 31.5 Å². The maximum Gasteiger partial charge on any atom is 0.226 e. The van der Waals surface area contributed by atoms with E-state index in [0.29, 0.717) is 17.3 Å². The van der Waals surface area contributed by atoms with Crippen LogP contribution in [0.15, 0.2) is 65.1 Å². The van der Waals surface area contributed by atoms with E-state index in [0.717, 1.165) is 11.1 Å². The maximum absolute atomic E-state index is 12.3. The van der Waals surface area contributed by atoms with E-state index < -0.39 is 0 Å². The minimum Gasteiger partial charge on any atom is -0.441 e. The molecule has 0 saturated heterocycles. The average Bonchev–Trinajstić information content (AvgIpc) is 2.97. The van der Waals surface area contributed by atoms with Gasteiger partial charge < -0.3 is 9.73 Å². The first-order valence-electron chi connectivity index (χ1n) is 7.99. The van der Waals surface area contributed by atoms with Crippen LogP contribution >= 0.6 is 0 Å². The number of aromatic nitrogens is 1. The van der Waals surface area contributed by atoms with Gasteiger partial charge in [0, 0.05) is 5.56 Å². The number of carbonyl (C=O) groups excluding carboxylic acids is 1. The fraction of sp³-hybridized carbons (Fsp3) is 0.200. The first-order chi connectivity index (χ1) is 11.6. The predicted molar refractivity (Wildman–Crippen MR) is 93.4 cm³/mol. The van der Waals surface area contributed by atoms with Crippen LogP contribution in [0.4, 0.5) is 0 Å². The zero-order valence-corrected chi connectivity index (χ0v) is 13.8. The summed E-state index contributed by atoms with van der Waals surface area (Å²) >= 11 is 0. The summed E-state index contributed by atoms with van der Waals surface area (Å²) in [6.07, 6.45) is 0.208. The van der Waals surface area contributed by atoms with Crippen LogP contribution in [0.1, 0.15) is 30.0 Å². The van der Waals surface area contributed by atoms with Gasteiger partial charge in [-0.1, -0.05) is 48.5 Å². The van der Waals surface area contributed by atoms with Crippen LogP contribution in [0, 0.1) is 6.92 Å². The third-order valence-corrected chi connectivity index (χ3v) is 3.92. The molecule has 1 aromatic heterocycles. The Morgan fingerprint density at radius 1 is 1.08 bits per heavy atom. The Labute approximate surface area is 141 Å². The van der Waals surface area contributed by atoms with Gasteiger partial charge in [0.05, 0.1) is 18.2 Å². The highest BCUT2D eigenvalue weighted by molar-refractivity contribution is 5.79. The van der Waals surface area contributed by atoms with E-state index in [2.05, 4.69) is 10.3 Å². The second-order valence-corrected chi connectivity index (χ2v) is 5.76. The molecule has 1 N–H and O–H groups in total. The number of nitrogens with zero attached hydrogens (tertiary/aromatic N) is 1. The van der Waals surface area contributed by atoms with Crippen LogP contribution in [0.25, 0.3) is 11.5 Å². The highest BCUT2D eigenvalue weighted by Gasteiger charge is 2.16. The Kier molecular flexibility index (Phi) is 4.75. The topological polar surface area (TPSA) is 55.1 Å². The molecular formula is C20H20N2O2. The van der Waals surface area contributed by atoms with Crippen LogP contribution in [0.3, 0.4) is 0 Å². The van der Waals surface area contributed by atoms with Crippen molar-refractivity contribution in [3.05, 3.63) is 77.7 Å². The van der Waals surface area contributed by atoms with E-state index in [9.17, 15) is 4.79 Å². The number of amides is 1. The third-order valence-electron chi connectivity index (χ3n) is 3.92. The summed E-state index contributed by atoms with van der Waals surface area (Å²) in [6, 6.07) is 19.5. The number of hydrogen-bond donors (Lipinski definition) is 1. The lowest BCUT2D eigenvalue weighted by molar-refractivity contribution is -0.121. The molecule has 4 heteroatoms. The fourth-order valence-corrected chi connectivity index (χ4v) is 2.57. The second-order valence-electron chi connectivity index (χ2n) is 5.76. The molecular weight excluding hydrogens is 300 g/mol. The van der Waals surface area contributed by atoms with E-state index in [1.807, 2.05) is 74.5 Å². The molecule has 122 valence electrons. The molecule has 1 atom stereocenters. The summed E-state index contributed by atoms with van der Waals surface area (Å²) in [5.74, 6) is 1.16. The van der Waals surface area contributed by atoms with Gasteiger partial charge in [0.2, 0.25) is 11.8 Å². The van der Waals surface area contributed by atoms with E-state index in [-0.39, 0.29) is 18.4 Å². The van der Waals surface area contributed by atoms with Crippen molar-refractivity contribution < 1.29 is 9.21 Å². The van der Waals surface area contributed by atoms with Crippen molar-refractivity contribution in [3.8, 4) is 11.5 Å². The molecule has 1 amide bonds. The Balaban J connectivity index is 1.68. The molecule has 0 aliphatic rings. The van der Waals surface area contributed by atoms with E-state index in [1.54, 1.807) is 0 Å². The van der Waals surface area contributed by atoms with Crippen LogP contribution in [-0.2, 0) is 11.2 Å². The lowest BCUT2D eigenvalue weighted by Crippen LogP contribution is -2.28. The molecule has 1 unspecified atom stereocenters. The molecule has 1 heterocycles. The molecule has 0 fully saturated rings. The Morgan fingerprint density at radius 2 is 1.71 bits per heavy atom. The van der Waals surface area contributed by atoms with Gasteiger partial charge in [-0.25, -0.2) is 4.98 Å². The lowest BCUT2D eigenvalue weighted by Gasteiger charge is -2.13. The molecule has 0 aliphatic heterocycles. The zero-order valence-electron chi connectivity index (χ0n) is 13.8. The highest BCUT2D eigenvalue weighted by Crippen LogP contribution is 2.21. The highest BCUT2D eigenvalue weighted by atomic mass is 16.4. The first kappa shape index (κ1) is 16.0. The fourth-order valence-electron chi connectivity index (χ4n) is 2.57. The summed E-state index contributed by atoms with van der Waals surface area (Å²) in [7, 11) is 0. The van der Waals surface area contributed by atoms with Crippen molar-refractivity contribution in [3.63, 3.8) is 0 Å². The van der Waals surface area contributed by atoms with Gasteiger partial charge in [-0.2, -0.15) is 0 Å². The van der Waals surface area contributed by atoms with Gasteiger partial charge in [-0.3, -0.25) is 4.79 Å². The maximum atomic E-state index is 12.3. The van der Waals surface area contributed by atoms with E-state index in [1.165, 1.54) is 0 Å². The number of benzene rings is 2. The number of nitrogens with one attached hydrogen (secondary N) is 1. The molecule has 0 saturated carbocycles. The Morgan fingerprint density at radius 3 is 2.38 bits per heavy atom. The Bertz CT molecular complexity index is 810. The van der Waals surface area contributed by atoms with Crippen molar-refractivity contribution in [2.75, 3.05) is 0 Å². The van der Waals surface area contributed by atoms with E-state index in [4.69, 9.17) is 4.42 Å². The summed E-state index contributed by atoms with van der Waals surface area (Å²) in [4.78, 5) is 16.8. The molecule has 24 heavy (non-hydrogen) atoms. The Hall–Kier alpha value is -2.88. The molecule has 2 aromatic carbocycles. The van der Waals surface area contributed by atoms with Gasteiger partial charge in [0.25, 0.3) is 0 Å². The second kappa shape index (κ2) is 7.13. The van der Waals surface area contributed by atoms with Gasteiger partial charge in [-0.15, -0.1) is 0 Å². The third kappa shape index (κ3) is 3.71. The minimum absolute atomic E-state index is 0.0421. The largest absolute Gasteiger partial charge is 0.441 e. The summed E-state index contributed by atoms with van der Waals surface area (Å²) in [6.45, 7) is 3.81. The molecule has 3 rings (SSSR count). The van der Waals surface area contributed by atoms with Gasteiger partial charge in [0.1, 0.15) is 5.76 Å². The predicted octanol–water partition coefficient (Wildman–Crippen LogP) is 4.07. The smallest absolute Gasteiger partial charge is 0.226 e. The molecule has 0 aliphatic carbocycles. The van der Waals surface area contributed by atoms with Crippen molar-refractivity contribution >= 4 is 5.91 Å². The van der Waals surface area contributed by atoms with E-state index >= 15 is 0 Å². The van der Waals surface area contributed by atoms with Crippen molar-refractivity contribution in [2.45, 2.75) is 26.3 Å². The van der Waals surface area contributed by atoms with Crippen LogP contribution in [-0.4, -0.2) is 10.9 Å². The lowest BCUT2D eigenvalue weighted by atomic mass is 10.1. The molecule has 4 nitrogen and oxygen atoms in total. The average molecular weight is 320 g/mol. The van der Waals surface area contributed by atoms with Crippen molar-refractivity contribution in [1.82, 2.24) is 10.3 Å². The molecule has 0 spiro atoms. The van der Waals surface area contributed by atoms with Crippen LogP contribution < -0.4 is 5.32 Å². The standard InChI is InChI=1S/C20H20N2O2/c1-14(16-9-5-3-6-10-16)21-19(23)13-18-15(2)24-20(22-18)17-11-7-4-8-12-17/h3-12,14H,13H2,1-2H3,(H,21,23). The molecule has 0 bridgehead atoms. The van der Waals surface area contributed by atoms with Gasteiger partial charge in [0.15, 0.2) is 0 Å². The quantitative estimate of drug-likeness (QED) is 0.771. The minimum atomic E-state index is -0.0673. The number of carbonyl (C=O) groups is 1. The number of aryl methyl sites for hydroxylation is 1. The number of hydrogen-bond acceptors (Lipinski definition) is 3. The van der Waals surface area contributed by atoms with Gasteiger partial charge >= 0.3 is 0 Å². The number of oxazole rings is 1. The number of rotatable bonds is 5.